The Morgan fingerprint density at radius 1 is 0.278 bits per heavy atom. The van der Waals surface area contributed by atoms with Crippen molar-refractivity contribution in [2.75, 3.05) is 0 Å². The summed E-state index contributed by atoms with van der Waals surface area (Å²) in [5, 5.41) is 14.1. The average molecular weight is 1180 g/mol. The van der Waals surface area contributed by atoms with Gasteiger partial charge in [-0.2, -0.15) is 31.6 Å². The number of nitriles is 1. The highest BCUT2D eigenvalue weighted by Gasteiger charge is 2.37. The molecule has 0 amide bonds. The molecule has 0 bridgehead atoms. The van der Waals surface area contributed by atoms with E-state index in [4.69, 9.17) is 29.9 Å². The van der Waals surface area contributed by atoms with Gasteiger partial charge in [-0.3, -0.25) is 0 Å². The van der Waals surface area contributed by atoms with Gasteiger partial charge in [0.05, 0.1) is 56.2 Å². The van der Waals surface area contributed by atoms with Crippen LogP contribution in [0.15, 0.2) is 261 Å². The highest BCUT2D eigenvalue weighted by atomic mass is 19.4. The van der Waals surface area contributed by atoms with Gasteiger partial charge in [-0.05, 0) is 108 Å². The molecule has 11 aromatic carbocycles. The molecular formula is C75H43F6N9. The van der Waals surface area contributed by atoms with Crippen molar-refractivity contribution in [1.82, 2.24) is 39.0 Å². The first-order valence-electron chi connectivity index (χ1n) is 28.6. The minimum absolute atomic E-state index is 0.0638. The summed E-state index contributed by atoms with van der Waals surface area (Å²) in [5.74, 6) is 2.79. The Labute approximate surface area is 509 Å². The van der Waals surface area contributed by atoms with Crippen molar-refractivity contribution < 1.29 is 26.3 Å². The molecular weight excluding hydrogens is 1140 g/mol. The summed E-state index contributed by atoms with van der Waals surface area (Å²) in [5.41, 5.74) is 6.55. The van der Waals surface area contributed by atoms with Crippen molar-refractivity contribution in [2.24, 2.45) is 0 Å². The van der Waals surface area contributed by atoms with Crippen LogP contribution < -0.4 is 0 Å². The Bertz CT molecular complexity index is 5200. The van der Waals surface area contributed by atoms with Crippen molar-refractivity contribution >= 4 is 43.6 Å². The number of halogens is 6. The molecule has 15 rings (SSSR count). The maximum Gasteiger partial charge on any atom is 0.416 e. The Hall–Kier alpha value is -11.9. The maximum absolute atomic E-state index is 14.7. The average Bonchev–Trinajstić information content (AvgIpc) is 1.56. The van der Waals surface area contributed by atoms with E-state index in [9.17, 15) is 31.6 Å². The first-order chi connectivity index (χ1) is 43.8. The fraction of sp³-hybridized carbons (Fsp3) is 0.0267. The van der Waals surface area contributed by atoms with E-state index in [0.717, 1.165) is 72.5 Å². The summed E-state index contributed by atoms with van der Waals surface area (Å²) < 4.78 is 92.3. The van der Waals surface area contributed by atoms with Crippen LogP contribution in [0.3, 0.4) is 0 Å². The number of para-hydroxylation sites is 2. The van der Waals surface area contributed by atoms with Gasteiger partial charge in [0, 0.05) is 66.1 Å². The smallest absolute Gasteiger partial charge is 0.309 e. The fourth-order valence-electron chi connectivity index (χ4n) is 11.9. The van der Waals surface area contributed by atoms with Crippen molar-refractivity contribution in [2.45, 2.75) is 12.4 Å². The zero-order valence-corrected chi connectivity index (χ0v) is 47.1. The highest BCUT2D eigenvalue weighted by molar-refractivity contribution is 6.13. The van der Waals surface area contributed by atoms with Crippen molar-refractivity contribution in [1.29, 1.82) is 5.26 Å². The Balaban J connectivity index is 0.967. The van der Waals surface area contributed by atoms with Gasteiger partial charge in [-0.1, -0.05) is 164 Å². The second-order valence-corrected chi connectivity index (χ2v) is 21.6. The molecule has 0 fully saturated rings. The molecule has 0 spiro atoms. The number of hydrogen-bond donors (Lipinski definition) is 0. The molecule has 0 radical (unpaired) electrons. The summed E-state index contributed by atoms with van der Waals surface area (Å²) in [6.07, 6.45) is -10.2. The first kappa shape index (κ1) is 54.7. The van der Waals surface area contributed by atoms with Crippen LogP contribution in [0.2, 0.25) is 0 Å². The van der Waals surface area contributed by atoms with Gasteiger partial charge in [-0.15, -0.1) is 0 Å². The van der Waals surface area contributed by atoms with E-state index < -0.39 is 23.5 Å². The van der Waals surface area contributed by atoms with E-state index in [1.54, 1.807) is 24.3 Å². The lowest BCUT2D eigenvalue weighted by Crippen LogP contribution is -2.11. The van der Waals surface area contributed by atoms with Gasteiger partial charge in [0.1, 0.15) is 0 Å². The lowest BCUT2D eigenvalue weighted by Gasteiger charge is -2.21. The van der Waals surface area contributed by atoms with Gasteiger partial charge in [0.25, 0.3) is 0 Å². The predicted molar refractivity (Wildman–Crippen MR) is 340 cm³/mol. The molecule has 15 heteroatoms. The van der Waals surface area contributed by atoms with Crippen molar-refractivity contribution in [3.8, 4) is 108 Å². The summed E-state index contributed by atoms with van der Waals surface area (Å²) in [6, 6.07) is 80.0. The van der Waals surface area contributed by atoms with Gasteiger partial charge in [0.15, 0.2) is 34.9 Å². The van der Waals surface area contributed by atoms with Crippen LogP contribution in [0.25, 0.3) is 146 Å². The second kappa shape index (κ2) is 21.8. The fourth-order valence-corrected chi connectivity index (χ4v) is 11.9. The first-order valence-corrected chi connectivity index (χ1v) is 28.6. The van der Waals surface area contributed by atoms with Gasteiger partial charge in [0.2, 0.25) is 0 Å². The third-order valence-corrected chi connectivity index (χ3v) is 16.1. The van der Waals surface area contributed by atoms with Crippen LogP contribution in [0.4, 0.5) is 26.3 Å². The lowest BCUT2D eigenvalue weighted by atomic mass is 9.93. The molecule has 0 N–H and O–H groups in total. The molecule has 0 saturated carbocycles. The number of rotatable bonds is 10. The predicted octanol–water partition coefficient (Wildman–Crippen LogP) is 19.5. The molecule has 9 nitrogen and oxygen atoms in total. The van der Waals surface area contributed by atoms with Crippen LogP contribution in [0.5, 0.6) is 0 Å². The number of alkyl halides is 6. The van der Waals surface area contributed by atoms with E-state index in [1.165, 1.54) is 6.07 Å². The Morgan fingerprint density at radius 3 is 1.00 bits per heavy atom. The molecule has 0 aliphatic heterocycles. The van der Waals surface area contributed by atoms with Crippen LogP contribution in [-0.4, -0.2) is 39.0 Å². The van der Waals surface area contributed by atoms with Gasteiger partial charge >= 0.3 is 12.4 Å². The van der Waals surface area contributed by atoms with E-state index in [2.05, 4.69) is 10.6 Å². The monoisotopic (exact) mass is 1180 g/mol. The van der Waals surface area contributed by atoms with Crippen molar-refractivity contribution in [3.05, 3.63) is 278 Å². The van der Waals surface area contributed by atoms with Crippen molar-refractivity contribution in [3.63, 3.8) is 0 Å². The van der Waals surface area contributed by atoms with Crippen LogP contribution in [0, 0.1) is 11.3 Å². The van der Waals surface area contributed by atoms with Crippen LogP contribution in [-0.2, 0) is 12.4 Å². The standard InChI is InChI=1S/C75H43F6N9/c76-74(77,78)54-38-53(39-55(43-54)75(79,80)81)50-30-34-67(90-63-28-16-14-26-57(63)60-42-52(32-36-66(60)90)73-87-70(48-21-9-3-10-22-48)84-71(88-73)49-23-11-4-12-24-49)61(40-50)58-37-45(44-82)29-33-64(58)89-62-27-15-13-25-56(62)59-41-51(31-35-65(59)89)72-85-68(46-17-5-1-6-18-46)83-69(86-72)47-19-7-2-8-20-47/h1-43H. The van der Waals surface area contributed by atoms with E-state index in [-0.39, 0.29) is 22.8 Å². The minimum atomic E-state index is -5.11. The lowest BCUT2D eigenvalue weighted by molar-refractivity contribution is -0.143. The third kappa shape index (κ3) is 9.91. The number of benzene rings is 11. The summed E-state index contributed by atoms with van der Waals surface area (Å²) >= 11 is 0. The second-order valence-electron chi connectivity index (χ2n) is 21.6. The summed E-state index contributed by atoms with van der Waals surface area (Å²) in [7, 11) is 0. The number of hydrogen-bond acceptors (Lipinski definition) is 7. The molecule has 0 unspecified atom stereocenters. The van der Waals surface area contributed by atoms with E-state index in [1.807, 2.05) is 217 Å². The zero-order chi connectivity index (χ0) is 61.3. The highest BCUT2D eigenvalue weighted by Crippen LogP contribution is 2.46. The molecule has 0 aliphatic rings. The topological polar surface area (TPSA) is 111 Å². The van der Waals surface area contributed by atoms with Crippen LogP contribution >= 0.6 is 0 Å². The molecule has 0 atom stereocenters. The van der Waals surface area contributed by atoms with Gasteiger partial charge in [-0.25, -0.2) is 29.9 Å². The quantitative estimate of drug-likeness (QED) is 0.125. The molecule has 0 aliphatic carbocycles. The number of aromatic nitrogens is 8. The third-order valence-electron chi connectivity index (χ3n) is 16.1. The zero-order valence-electron chi connectivity index (χ0n) is 47.1. The van der Waals surface area contributed by atoms with Crippen LogP contribution in [0.1, 0.15) is 16.7 Å². The maximum atomic E-state index is 14.7. The normalized spacial score (nSPS) is 11.9. The number of nitrogens with zero attached hydrogens (tertiary/aromatic N) is 9. The van der Waals surface area contributed by atoms with E-state index >= 15 is 0 Å². The minimum Gasteiger partial charge on any atom is -0.309 e. The molecule has 15 aromatic rings. The summed E-state index contributed by atoms with van der Waals surface area (Å²) in [6.45, 7) is 0. The Kier molecular flexibility index (Phi) is 13.3. The molecule has 0 saturated heterocycles. The molecule has 430 valence electrons. The molecule has 4 heterocycles. The molecule has 4 aromatic heterocycles. The summed E-state index contributed by atoms with van der Waals surface area (Å²) in [4.78, 5) is 29.9. The Morgan fingerprint density at radius 2 is 0.611 bits per heavy atom. The molecule has 90 heavy (non-hydrogen) atoms. The SMILES string of the molecule is N#Cc1ccc(-n2c3ccccc3c3cc(-c4nc(-c5ccccc5)nc(-c5ccccc5)n4)ccc32)c(-c2cc(-c3cc(C(F)(F)F)cc(C(F)(F)F)c3)ccc2-n2c3ccccc3c3cc(-c4nc(-c5ccccc5)nc(-c5ccccc5)n4)ccc32)c1. The number of fused-ring (bicyclic) bond motifs is 6. The van der Waals surface area contributed by atoms with E-state index in [0.29, 0.717) is 74.1 Å². The largest absolute Gasteiger partial charge is 0.416 e. The van der Waals surface area contributed by atoms with Gasteiger partial charge < -0.3 is 9.13 Å².